The Bertz CT molecular complexity index is 510. The first-order chi connectivity index (χ1) is 9.54. The largest absolute Gasteiger partial charge is 0.481 e. The van der Waals surface area contributed by atoms with Gasteiger partial charge in [-0.3, -0.25) is 14.6 Å². The van der Waals surface area contributed by atoms with E-state index >= 15 is 0 Å². The Hall–Kier alpha value is -2.42. The number of carboxylic acids is 1. The minimum Gasteiger partial charge on any atom is -0.481 e. The van der Waals surface area contributed by atoms with Crippen molar-refractivity contribution in [3.05, 3.63) is 30.1 Å². The molecule has 0 amide bonds. The van der Waals surface area contributed by atoms with Crippen molar-refractivity contribution in [2.24, 2.45) is 0 Å². The first-order valence-electron chi connectivity index (χ1n) is 6.14. The van der Waals surface area contributed by atoms with Crippen LogP contribution in [0.5, 0.6) is 0 Å². The number of ether oxygens (including phenoxy) is 1. The van der Waals surface area contributed by atoms with E-state index in [9.17, 15) is 14.9 Å². The van der Waals surface area contributed by atoms with Crippen LogP contribution >= 0.6 is 0 Å². The molecule has 0 aliphatic rings. The van der Waals surface area contributed by atoms with E-state index in [0.717, 1.165) is 0 Å². The molecule has 1 N–H and O–H groups in total. The van der Waals surface area contributed by atoms with Gasteiger partial charge in [-0.15, -0.1) is 0 Å². The molecule has 1 unspecified atom stereocenters. The third-order valence-electron chi connectivity index (χ3n) is 3.18. The number of carbonyl (C=O) groups is 2. The predicted molar refractivity (Wildman–Crippen MR) is 69.6 cm³/mol. The van der Waals surface area contributed by atoms with Crippen molar-refractivity contribution in [2.45, 2.75) is 31.1 Å². The van der Waals surface area contributed by atoms with E-state index in [-0.39, 0.29) is 25.7 Å². The zero-order valence-corrected chi connectivity index (χ0v) is 11.2. The second-order valence-electron chi connectivity index (χ2n) is 4.41. The van der Waals surface area contributed by atoms with Crippen LogP contribution < -0.4 is 0 Å². The van der Waals surface area contributed by atoms with Crippen LogP contribution in [-0.2, 0) is 19.7 Å². The quantitative estimate of drug-likeness (QED) is 0.760. The molecular formula is C14H16N2O4. The summed E-state index contributed by atoms with van der Waals surface area (Å²) in [6, 6.07) is 5.55. The Morgan fingerprint density at radius 3 is 2.65 bits per heavy atom. The van der Waals surface area contributed by atoms with Crippen molar-refractivity contribution >= 4 is 11.9 Å². The molecule has 1 aromatic rings. The molecule has 0 bridgehead atoms. The Morgan fingerprint density at radius 1 is 1.45 bits per heavy atom. The third-order valence-corrected chi connectivity index (χ3v) is 3.18. The maximum atomic E-state index is 11.3. The van der Waals surface area contributed by atoms with Gasteiger partial charge in [0.2, 0.25) is 0 Å². The van der Waals surface area contributed by atoms with Gasteiger partial charge in [0.1, 0.15) is 0 Å². The van der Waals surface area contributed by atoms with Gasteiger partial charge in [0.15, 0.2) is 0 Å². The molecule has 6 nitrogen and oxygen atoms in total. The summed E-state index contributed by atoms with van der Waals surface area (Å²) >= 11 is 0. The van der Waals surface area contributed by atoms with Gasteiger partial charge < -0.3 is 9.84 Å². The van der Waals surface area contributed by atoms with Crippen molar-refractivity contribution in [3.63, 3.8) is 0 Å². The van der Waals surface area contributed by atoms with Crippen LogP contribution in [0.15, 0.2) is 24.5 Å². The summed E-state index contributed by atoms with van der Waals surface area (Å²) in [6.07, 6.45) is 3.34. The van der Waals surface area contributed by atoms with Crippen molar-refractivity contribution in [1.82, 2.24) is 4.98 Å². The molecular weight excluding hydrogens is 260 g/mol. The van der Waals surface area contributed by atoms with Crippen LogP contribution in [0.25, 0.3) is 0 Å². The van der Waals surface area contributed by atoms with E-state index in [2.05, 4.69) is 15.8 Å². The maximum Gasteiger partial charge on any atom is 0.305 e. The first kappa shape index (κ1) is 15.6. The van der Waals surface area contributed by atoms with Crippen molar-refractivity contribution in [3.8, 4) is 6.07 Å². The SMILES string of the molecule is COC(=O)CCC(C#N)(CCC(=O)O)c1cccnc1. The zero-order valence-electron chi connectivity index (χ0n) is 11.2. The van der Waals surface area contributed by atoms with E-state index in [1.54, 1.807) is 18.3 Å². The van der Waals surface area contributed by atoms with Gasteiger partial charge in [-0.05, 0) is 24.5 Å². The van der Waals surface area contributed by atoms with Crippen molar-refractivity contribution in [1.29, 1.82) is 5.26 Å². The van der Waals surface area contributed by atoms with Crippen molar-refractivity contribution in [2.75, 3.05) is 7.11 Å². The van der Waals surface area contributed by atoms with Gasteiger partial charge in [-0.2, -0.15) is 5.26 Å². The van der Waals surface area contributed by atoms with Gasteiger partial charge in [0.05, 0.1) is 18.6 Å². The van der Waals surface area contributed by atoms with E-state index in [1.165, 1.54) is 13.3 Å². The number of carboxylic acid groups (broad SMARTS) is 1. The Balaban J connectivity index is 3.00. The van der Waals surface area contributed by atoms with Crippen LogP contribution in [0.2, 0.25) is 0 Å². The molecule has 0 aliphatic heterocycles. The fourth-order valence-corrected chi connectivity index (χ4v) is 1.97. The molecule has 1 atom stereocenters. The molecule has 1 rings (SSSR count). The number of methoxy groups -OCH3 is 1. The lowest BCUT2D eigenvalue weighted by Crippen LogP contribution is -2.27. The van der Waals surface area contributed by atoms with E-state index in [4.69, 9.17) is 5.11 Å². The molecule has 20 heavy (non-hydrogen) atoms. The number of nitriles is 1. The Kier molecular flexibility index (Phi) is 5.66. The summed E-state index contributed by atoms with van der Waals surface area (Å²) in [5.74, 6) is -1.41. The summed E-state index contributed by atoms with van der Waals surface area (Å²) < 4.78 is 4.57. The summed E-state index contributed by atoms with van der Waals surface area (Å²) in [5, 5.41) is 18.3. The van der Waals surface area contributed by atoms with E-state index in [1.807, 2.05) is 0 Å². The second kappa shape index (κ2) is 7.24. The van der Waals surface area contributed by atoms with Gasteiger partial charge in [-0.25, -0.2) is 0 Å². The average molecular weight is 276 g/mol. The highest BCUT2D eigenvalue weighted by Crippen LogP contribution is 2.33. The lowest BCUT2D eigenvalue weighted by Gasteiger charge is -2.25. The van der Waals surface area contributed by atoms with Crippen LogP contribution in [0, 0.1) is 11.3 Å². The molecule has 0 saturated carbocycles. The minimum absolute atomic E-state index is 0.0541. The van der Waals surface area contributed by atoms with Crippen LogP contribution in [-0.4, -0.2) is 29.1 Å². The number of hydrogen-bond acceptors (Lipinski definition) is 5. The minimum atomic E-state index is -1.04. The zero-order chi connectivity index (χ0) is 15.0. The van der Waals surface area contributed by atoms with Crippen molar-refractivity contribution < 1.29 is 19.4 Å². The summed E-state index contributed by atoms with van der Waals surface area (Å²) in [7, 11) is 1.28. The molecule has 0 aromatic carbocycles. The second-order valence-corrected chi connectivity index (χ2v) is 4.41. The topological polar surface area (TPSA) is 100 Å². The number of aliphatic carboxylic acids is 1. The predicted octanol–water partition coefficient (Wildman–Crippen LogP) is 1.66. The maximum absolute atomic E-state index is 11.3. The van der Waals surface area contributed by atoms with Crippen LogP contribution in [0.4, 0.5) is 0 Å². The van der Waals surface area contributed by atoms with Gasteiger partial charge in [0.25, 0.3) is 0 Å². The van der Waals surface area contributed by atoms with E-state index < -0.39 is 17.4 Å². The molecule has 0 saturated heterocycles. The number of esters is 1. The molecule has 1 heterocycles. The number of aromatic nitrogens is 1. The van der Waals surface area contributed by atoms with Gasteiger partial charge >= 0.3 is 11.9 Å². The fraction of sp³-hybridized carbons (Fsp3) is 0.429. The summed E-state index contributed by atoms with van der Waals surface area (Å²) in [5.41, 5.74) is -0.423. The van der Waals surface area contributed by atoms with Crippen LogP contribution in [0.1, 0.15) is 31.2 Å². The van der Waals surface area contributed by atoms with Gasteiger partial charge in [-0.1, -0.05) is 6.07 Å². The normalized spacial score (nSPS) is 13.0. The lowest BCUT2D eigenvalue weighted by atomic mass is 9.75. The van der Waals surface area contributed by atoms with E-state index in [0.29, 0.717) is 5.56 Å². The summed E-state index contributed by atoms with van der Waals surface area (Å²) in [6.45, 7) is 0. The average Bonchev–Trinajstić information content (AvgIpc) is 2.48. The summed E-state index contributed by atoms with van der Waals surface area (Å²) in [4.78, 5) is 26.0. The van der Waals surface area contributed by atoms with Crippen LogP contribution in [0.3, 0.4) is 0 Å². The third kappa shape index (κ3) is 4.05. The fourth-order valence-electron chi connectivity index (χ4n) is 1.97. The molecule has 0 fully saturated rings. The molecule has 106 valence electrons. The number of pyridine rings is 1. The Labute approximate surface area is 117 Å². The molecule has 0 radical (unpaired) electrons. The highest BCUT2D eigenvalue weighted by atomic mass is 16.5. The number of hydrogen-bond donors (Lipinski definition) is 1. The molecule has 0 aliphatic carbocycles. The van der Waals surface area contributed by atoms with Gasteiger partial charge in [0, 0.05) is 25.2 Å². The lowest BCUT2D eigenvalue weighted by molar-refractivity contribution is -0.140. The smallest absolute Gasteiger partial charge is 0.305 e. The number of carbonyl (C=O) groups excluding carboxylic acids is 1. The molecule has 0 spiro atoms. The number of nitrogens with zero attached hydrogens (tertiary/aromatic N) is 2. The number of rotatable bonds is 7. The molecule has 1 aromatic heterocycles. The standard InChI is InChI=1S/C14H16N2O4/c1-20-13(19)5-7-14(10-15,6-4-12(17)18)11-3-2-8-16-9-11/h2-3,8-9H,4-7H2,1H3,(H,17,18). The monoisotopic (exact) mass is 276 g/mol. The highest BCUT2D eigenvalue weighted by Gasteiger charge is 2.33. The first-order valence-corrected chi connectivity index (χ1v) is 6.14. The molecule has 6 heteroatoms. The highest BCUT2D eigenvalue weighted by molar-refractivity contribution is 5.69. The Morgan fingerprint density at radius 2 is 2.15 bits per heavy atom.